The van der Waals surface area contributed by atoms with Crippen LogP contribution in [0.3, 0.4) is 0 Å². The van der Waals surface area contributed by atoms with Gasteiger partial charge < -0.3 is 0 Å². The molecule has 14 heavy (non-hydrogen) atoms. The van der Waals surface area contributed by atoms with Crippen LogP contribution in [0.2, 0.25) is 0 Å². The first-order chi connectivity index (χ1) is 6.37. The third-order valence-corrected chi connectivity index (χ3v) is 3.23. The minimum absolute atomic E-state index is 0.000301. The van der Waals surface area contributed by atoms with E-state index in [1.54, 1.807) is 0 Å². The molecule has 80 valence electrons. The topological polar surface area (TPSA) is 34.1 Å². The monoisotopic (exact) mass is 214 g/mol. The largest absolute Gasteiger partial charge is 0.300 e. The molecule has 1 saturated carbocycles. The van der Waals surface area contributed by atoms with Gasteiger partial charge in [-0.3, -0.25) is 9.59 Å². The predicted octanol–water partition coefficient (Wildman–Crippen LogP) is 2.80. The SMILES string of the molecule is CC(C)(C)SC(=O)CC1CCC(=O)C1. The van der Waals surface area contributed by atoms with Gasteiger partial charge >= 0.3 is 0 Å². The molecule has 0 aromatic rings. The van der Waals surface area contributed by atoms with Crippen molar-refractivity contribution in [2.24, 2.45) is 5.92 Å². The van der Waals surface area contributed by atoms with E-state index in [4.69, 9.17) is 0 Å². The zero-order chi connectivity index (χ0) is 10.8. The van der Waals surface area contributed by atoms with Crippen molar-refractivity contribution in [1.29, 1.82) is 0 Å². The lowest BCUT2D eigenvalue weighted by molar-refractivity contribution is -0.117. The summed E-state index contributed by atoms with van der Waals surface area (Å²) in [5, 5.41) is 0.234. The highest BCUT2D eigenvalue weighted by atomic mass is 32.2. The molecule has 1 aliphatic rings. The molecule has 0 bridgehead atoms. The number of hydrogen-bond donors (Lipinski definition) is 0. The van der Waals surface area contributed by atoms with Crippen LogP contribution in [0.15, 0.2) is 0 Å². The lowest BCUT2D eigenvalue weighted by Gasteiger charge is -2.17. The van der Waals surface area contributed by atoms with Gasteiger partial charge in [0.2, 0.25) is 0 Å². The van der Waals surface area contributed by atoms with Crippen LogP contribution < -0.4 is 0 Å². The van der Waals surface area contributed by atoms with Crippen LogP contribution in [0.4, 0.5) is 0 Å². The second kappa shape index (κ2) is 4.47. The van der Waals surface area contributed by atoms with Crippen molar-refractivity contribution in [3.05, 3.63) is 0 Å². The van der Waals surface area contributed by atoms with Gasteiger partial charge in [-0.1, -0.05) is 32.5 Å². The fourth-order valence-corrected chi connectivity index (χ4v) is 2.69. The van der Waals surface area contributed by atoms with Crippen LogP contribution in [0.5, 0.6) is 0 Å². The van der Waals surface area contributed by atoms with Crippen molar-refractivity contribution in [3.63, 3.8) is 0 Å². The molecule has 0 saturated heterocycles. The average molecular weight is 214 g/mol. The van der Waals surface area contributed by atoms with Crippen molar-refractivity contribution in [3.8, 4) is 0 Å². The molecule has 0 radical (unpaired) electrons. The summed E-state index contributed by atoms with van der Waals surface area (Å²) in [5.74, 6) is 0.647. The van der Waals surface area contributed by atoms with Crippen LogP contribution in [0.25, 0.3) is 0 Å². The molecule has 3 heteroatoms. The van der Waals surface area contributed by atoms with E-state index in [2.05, 4.69) is 0 Å². The van der Waals surface area contributed by atoms with Crippen LogP contribution >= 0.6 is 11.8 Å². The lowest BCUT2D eigenvalue weighted by atomic mass is 10.1. The molecule has 1 unspecified atom stereocenters. The molecule has 1 atom stereocenters. The van der Waals surface area contributed by atoms with Gasteiger partial charge in [0.1, 0.15) is 5.78 Å². The van der Waals surface area contributed by atoms with Crippen molar-refractivity contribution >= 4 is 22.7 Å². The van der Waals surface area contributed by atoms with E-state index < -0.39 is 0 Å². The maximum Gasteiger partial charge on any atom is 0.189 e. The Morgan fingerprint density at radius 1 is 1.50 bits per heavy atom. The summed E-state index contributed by atoms with van der Waals surface area (Å²) in [5.41, 5.74) is 0. The zero-order valence-corrected chi connectivity index (χ0v) is 9.95. The molecular weight excluding hydrogens is 196 g/mol. The molecule has 0 amide bonds. The number of carbonyl (C=O) groups is 2. The second-order valence-corrected chi connectivity index (χ2v) is 6.82. The van der Waals surface area contributed by atoms with E-state index in [9.17, 15) is 9.59 Å². The number of Topliss-reactive ketones (excluding diaryl/α,β-unsaturated/α-hetero) is 1. The Labute approximate surface area is 89.8 Å². The Morgan fingerprint density at radius 3 is 2.57 bits per heavy atom. The Bertz CT molecular complexity index is 240. The van der Waals surface area contributed by atoms with Gasteiger partial charge in [-0.15, -0.1) is 0 Å². The van der Waals surface area contributed by atoms with E-state index in [0.717, 1.165) is 6.42 Å². The van der Waals surface area contributed by atoms with Crippen LogP contribution in [-0.2, 0) is 9.59 Å². The van der Waals surface area contributed by atoms with Crippen molar-refractivity contribution < 1.29 is 9.59 Å². The summed E-state index contributed by atoms with van der Waals surface area (Å²) >= 11 is 1.39. The molecule has 0 spiro atoms. The number of ketones is 1. The third kappa shape index (κ3) is 4.27. The quantitative estimate of drug-likeness (QED) is 0.709. The maximum absolute atomic E-state index is 11.6. The summed E-state index contributed by atoms with van der Waals surface area (Å²) in [4.78, 5) is 22.6. The van der Waals surface area contributed by atoms with Crippen LogP contribution in [-0.4, -0.2) is 15.6 Å². The molecule has 1 aliphatic carbocycles. The van der Waals surface area contributed by atoms with Crippen LogP contribution in [0.1, 0.15) is 46.5 Å². The van der Waals surface area contributed by atoms with Crippen molar-refractivity contribution in [1.82, 2.24) is 0 Å². The molecule has 0 heterocycles. The number of thioether (sulfide) groups is 1. The van der Waals surface area contributed by atoms with E-state index in [0.29, 0.717) is 31.0 Å². The standard InChI is InChI=1S/C11H18O2S/c1-11(2,3)14-10(13)7-8-4-5-9(12)6-8/h8H,4-7H2,1-3H3. The average Bonchev–Trinajstić information content (AvgIpc) is 2.30. The normalized spacial score (nSPS) is 22.8. The number of carbonyl (C=O) groups excluding carboxylic acids is 2. The minimum Gasteiger partial charge on any atom is -0.300 e. The van der Waals surface area contributed by atoms with E-state index >= 15 is 0 Å². The molecule has 0 aliphatic heterocycles. The summed E-state index contributed by atoms with van der Waals surface area (Å²) in [7, 11) is 0. The fraction of sp³-hybridized carbons (Fsp3) is 0.818. The molecule has 2 nitrogen and oxygen atoms in total. The highest BCUT2D eigenvalue weighted by Crippen LogP contribution is 2.31. The second-order valence-electron chi connectivity index (χ2n) is 4.94. The number of hydrogen-bond acceptors (Lipinski definition) is 3. The fourth-order valence-electron chi connectivity index (χ4n) is 1.68. The maximum atomic E-state index is 11.6. The zero-order valence-electron chi connectivity index (χ0n) is 9.13. The van der Waals surface area contributed by atoms with Crippen molar-refractivity contribution in [2.45, 2.75) is 51.2 Å². The first-order valence-electron chi connectivity index (χ1n) is 5.10. The Kier molecular flexibility index (Phi) is 3.76. The molecule has 0 aromatic carbocycles. The summed E-state index contributed by atoms with van der Waals surface area (Å²) in [6.45, 7) is 6.11. The molecular formula is C11H18O2S. The third-order valence-electron chi connectivity index (χ3n) is 2.22. The Hall–Kier alpha value is -0.310. The van der Waals surface area contributed by atoms with E-state index in [1.165, 1.54) is 11.8 Å². The van der Waals surface area contributed by atoms with Gasteiger partial charge in [0.25, 0.3) is 0 Å². The summed E-state index contributed by atoms with van der Waals surface area (Å²) < 4.78 is -0.000301. The highest BCUT2D eigenvalue weighted by Gasteiger charge is 2.26. The molecule has 0 aromatic heterocycles. The highest BCUT2D eigenvalue weighted by molar-refractivity contribution is 8.14. The van der Waals surface area contributed by atoms with Gasteiger partial charge in [0.05, 0.1) is 0 Å². The smallest absolute Gasteiger partial charge is 0.189 e. The van der Waals surface area contributed by atoms with Crippen LogP contribution in [0, 0.1) is 5.92 Å². The first kappa shape index (κ1) is 11.8. The lowest BCUT2D eigenvalue weighted by Crippen LogP contribution is -2.13. The van der Waals surface area contributed by atoms with Gasteiger partial charge in [-0.2, -0.15) is 0 Å². The summed E-state index contributed by atoms with van der Waals surface area (Å²) in [6.07, 6.45) is 2.79. The van der Waals surface area contributed by atoms with E-state index in [1.807, 2.05) is 20.8 Å². The predicted molar refractivity (Wildman–Crippen MR) is 59.3 cm³/mol. The molecule has 1 rings (SSSR count). The van der Waals surface area contributed by atoms with Gasteiger partial charge in [0.15, 0.2) is 5.12 Å². The minimum atomic E-state index is -0.000301. The molecule has 1 fully saturated rings. The Morgan fingerprint density at radius 2 is 2.14 bits per heavy atom. The van der Waals surface area contributed by atoms with Gasteiger partial charge in [-0.25, -0.2) is 0 Å². The molecule has 0 N–H and O–H groups in total. The van der Waals surface area contributed by atoms with Gasteiger partial charge in [0, 0.05) is 24.0 Å². The Balaban J connectivity index is 2.31. The van der Waals surface area contributed by atoms with E-state index in [-0.39, 0.29) is 9.86 Å². The van der Waals surface area contributed by atoms with Crippen molar-refractivity contribution in [2.75, 3.05) is 0 Å². The number of rotatable bonds is 2. The summed E-state index contributed by atoms with van der Waals surface area (Å²) in [6, 6.07) is 0. The van der Waals surface area contributed by atoms with Gasteiger partial charge in [-0.05, 0) is 12.3 Å². The first-order valence-corrected chi connectivity index (χ1v) is 5.92.